The summed E-state index contributed by atoms with van der Waals surface area (Å²) in [6.45, 7) is 1.93. The molecule has 2 N–H and O–H groups in total. The van der Waals surface area contributed by atoms with Crippen molar-refractivity contribution >= 4 is 11.7 Å². The first-order chi connectivity index (χ1) is 17.1. The number of amides is 1. The van der Waals surface area contributed by atoms with E-state index in [2.05, 4.69) is 27.4 Å². The fourth-order valence-corrected chi connectivity index (χ4v) is 6.40. The third kappa shape index (κ3) is 7.28. The molecule has 2 aromatic rings. The first-order valence-electron chi connectivity index (χ1n) is 14.1. The fourth-order valence-electron chi connectivity index (χ4n) is 6.40. The van der Waals surface area contributed by atoms with Crippen molar-refractivity contribution in [2.24, 2.45) is 17.8 Å². The molecule has 4 atom stereocenters. The number of nitrogens with one attached hydrogen (secondary N) is 2. The van der Waals surface area contributed by atoms with E-state index >= 15 is 0 Å². The van der Waals surface area contributed by atoms with Crippen LogP contribution < -0.4 is 5.32 Å². The van der Waals surface area contributed by atoms with Gasteiger partial charge in [0, 0.05) is 19.3 Å². The lowest BCUT2D eigenvalue weighted by atomic mass is 9.64. The molecule has 0 spiro atoms. The van der Waals surface area contributed by atoms with Crippen LogP contribution in [-0.2, 0) is 9.59 Å². The van der Waals surface area contributed by atoms with Crippen molar-refractivity contribution in [3.05, 3.63) is 42.4 Å². The van der Waals surface area contributed by atoms with Gasteiger partial charge in [0.05, 0.1) is 17.9 Å². The monoisotopic (exact) mass is 477 g/mol. The Bertz CT molecular complexity index is 936. The number of carbonyl (C=O) groups excluding carboxylic acids is 2. The van der Waals surface area contributed by atoms with Gasteiger partial charge >= 0.3 is 0 Å². The van der Waals surface area contributed by atoms with Crippen molar-refractivity contribution in [1.29, 1.82) is 0 Å². The lowest BCUT2D eigenvalue weighted by Crippen LogP contribution is -2.36. The number of carbonyl (C=O) groups is 2. The topological polar surface area (TPSA) is 74.8 Å². The molecule has 5 nitrogen and oxygen atoms in total. The summed E-state index contributed by atoms with van der Waals surface area (Å²) in [6, 6.07) is 10.1. The van der Waals surface area contributed by atoms with Crippen LogP contribution in [0.3, 0.4) is 0 Å². The van der Waals surface area contributed by atoms with Crippen LogP contribution in [0.15, 0.2) is 36.5 Å². The van der Waals surface area contributed by atoms with E-state index in [4.69, 9.17) is 0 Å². The summed E-state index contributed by atoms with van der Waals surface area (Å²) in [6.07, 6.45) is 16.7. The van der Waals surface area contributed by atoms with Crippen molar-refractivity contribution in [2.45, 2.75) is 103 Å². The SMILES string of the molecule is CCC(=O)CCCCC[C@H](NC(=O)CC1CCCC2CCCCC21)c1ncc(-c2ccccc2)[nH]1. The molecule has 0 bridgehead atoms. The summed E-state index contributed by atoms with van der Waals surface area (Å²) in [7, 11) is 0. The van der Waals surface area contributed by atoms with Crippen molar-refractivity contribution in [3.8, 4) is 11.3 Å². The molecule has 5 heteroatoms. The third-order valence-electron chi connectivity index (χ3n) is 8.36. The molecular weight excluding hydrogens is 434 g/mol. The average Bonchev–Trinajstić information content (AvgIpc) is 3.39. The first-order valence-corrected chi connectivity index (χ1v) is 14.1. The van der Waals surface area contributed by atoms with Crippen LogP contribution in [-0.4, -0.2) is 21.7 Å². The Morgan fingerprint density at radius 3 is 2.66 bits per heavy atom. The van der Waals surface area contributed by atoms with Crippen LogP contribution in [0.25, 0.3) is 11.3 Å². The third-order valence-corrected chi connectivity index (χ3v) is 8.36. The molecule has 2 aliphatic carbocycles. The Labute approximate surface area is 210 Å². The number of aromatic amines is 1. The second kappa shape index (κ2) is 13.0. The summed E-state index contributed by atoms with van der Waals surface area (Å²) >= 11 is 0. The van der Waals surface area contributed by atoms with Gasteiger partial charge in [-0.2, -0.15) is 0 Å². The molecule has 0 radical (unpaired) electrons. The minimum absolute atomic E-state index is 0.118. The van der Waals surface area contributed by atoms with E-state index in [9.17, 15) is 9.59 Å². The molecular formula is C30H43N3O2. The van der Waals surface area contributed by atoms with Gasteiger partial charge in [0.2, 0.25) is 5.91 Å². The number of nitrogens with zero attached hydrogens (tertiary/aromatic N) is 1. The molecule has 0 aliphatic heterocycles. The highest BCUT2D eigenvalue weighted by molar-refractivity contribution is 5.78. The summed E-state index contributed by atoms with van der Waals surface area (Å²) in [5.74, 6) is 3.46. The largest absolute Gasteiger partial charge is 0.346 e. The molecule has 35 heavy (non-hydrogen) atoms. The van der Waals surface area contributed by atoms with Gasteiger partial charge in [-0.05, 0) is 49.0 Å². The van der Waals surface area contributed by atoms with Gasteiger partial charge in [0.25, 0.3) is 0 Å². The highest BCUT2D eigenvalue weighted by Crippen LogP contribution is 2.45. The number of aromatic nitrogens is 2. The maximum atomic E-state index is 13.3. The molecule has 2 saturated carbocycles. The van der Waals surface area contributed by atoms with Gasteiger partial charge in [-0.1, -0.05) is 82.2 Å². The van der Waals surface area contributed by atoms with Gasteiger partial charge in [-0.3, -0.25) is 9.59 Å². The first kappa shape index (κ1) is 25.7. The lowest BCUT2D eigenvalue weighted by molar-refractivity contribution is -0.124. The molecule has 0 saturated heterocycles. The number of fused-ring (bicyclic) bond motifs is 1. The highest BCUT2D eigenvalue weighted by Gasteiger charge is 2.36. The molecule has 1 heterocycles. The van der Waals surface area contributed by atoms with Gasteiger partial charge in [0.1, 0.15) is 11.6 Å². The second-order valence-electron chi connectivity index (χ2n) is 10.8. The normalized spacial score (nSPS) is 22.8. The average molecular weight is 478 g/mol. The number of imidazole rings is 1. The van der Waals surface area contributed by atoms with Crippen LogP contribution in [0.2, 0.25) is 0 Å². The van der Waals surface area contributed by atoms with Gasteiger partial charge in [-0.15, -0.1) is 0 Å². The lowest BCUT2D eigenvalue weighted by Gasteiger charge is -2.41. The molecule has 1 aromatic carbocycles. The van der Waals surface area contributed by atoms with E-state index in [1.54, 1.807) is 0 Å². The van der Waals surface area contributed by atoms with Crippen LogP contribution >= 0.6 is 0 Å². The van der Waals surface area contributed by atoms with E-state index < -0.39 is 0 Å². The summed E-state index contributed by atoms with van der Waals surface area (Å²) in [4.78, 5) is 33.0. The number of hydrogen-bond donors (Lipinski definition) is 2. The maximum Gasteiger partial charge on any atom is 0.220 e. The Morgan fingerprint density at radius 2 is 1.83 bits per heavy atom. The molecule has 190 valence electrons. The van der Waals surface area contributed by atoms with Crippen molar-refractivity contribution in [2.75, 3.05) is 0 Å². The number of ketones is 1. The number of hydrogen-bond acceptors (Lipinski definition) is 3. The van der Waals surface area contributed by atoms with E-state index in [1.165, 1.54) is 44.9 Å². The van der Waals surface area contributed by atoms with Gasteiger partial charge in [0.15, 0.2) is 0 Å². The van der Waals surface area contributed by atoms with Crippen LogP contribution in [0.5, 0.6) is 0 Å². The molecule has 4 rings (SSSR count). The van der Waals surface area contributed by atoms with Gasteiger partial charge in [-0.25, -0.2) is 4.98 Å². The quantitative estimate of drug-likeness (QED) is 0.318. The van der Waals surface area contributed by atoms with Crippen LogP contribution in [0.1, 0.15) is 109 Å². The minimum Gasteiger partial charge on any atom is -0.346 e. The van der Waals surface area contributed by atoms with Crippen molar-refractivity contribution in [1.82, 2.24) is 15.3 Å². The zero-order valence-corrected chi connectivity index (χ0v) is 21.4. The number of benzene rings is 1. The summed E-state index contributed by atoms with van der Waals surface area (Å²) in [5.41, 5.74) is 2.07. The minimum atomic E-state index is -0.118. The van der Waals surface area contributed by atoms with E-state index in [0.717, 1.165) is 54.6 Å². The number of H-pyrrole nitrogens is 1. The number of Topliss-reactive ketones (excluding diaryl/α,β-unsaturated/α-hetero) is 1. The fraction of sp³-hybridized carbons (Fsp3) is 0.633. The zero-order valence-electron chi connectivity index (χ0n) is 21.4. The molecule has 1 amide bonds. The molecule has 2 fully saturated rings. The predicted molar refractivity (Wildman–Crippen MR) is 141 cm³/mol. The van der Waals surface area contributed by atoms with E-state index in [1.807, 2.05) is 31.3 Å². The Balaban J connectivity index is 1.38. The zero-order chi connectivity index (χ0) is 24.5. The van der Waals surface area contributed by atoms with Crippen LogP contribution in [0.4, 0.5) is 0 Å². The molecule has 3 unspecified atom stereocenters. The number of unbranched alkanes of at least 4 members (excludes halogenated alkanes) is 2. The van der Waals surface area contributed by atoms with Gasteiger partial charge < -0.3 is 10.3 Å². The van der Waals surface area contributed by atoms with E-state index in [-0.39, 0.29) is 11.9 Å². The Kier molecular flexibility index (Phi) is 9.56. The smallest absolute Gasteiger partial charge is 0.220 e. The Hall–Kier alpha value is -2.43. The maximum absolute atomic E-state index is 13.3. The second-order valence-corrected chi connectivity index (χ2v) is 10.8. The summed E-state index contributed by atoms with van der Waals surface area (Å²) in [5, 5.41) is 3.35. The predicted octanol–water partition coefficient (Wildman–Crippen LogP) is 7.16. The van der Waals surface area contributed by atoms with E-state index in [0.29, 0.717) is 31.0 Å². The summed E-state index contributed by atoms with van der Waals surface area (Å²) < 4.78 is 0. The van der Waals surface area contributed by atoms with Crippen molar-refractivity contribution < 1.29 is 9.59 Å². The Morgan fingerprint density at radius 1 is 1.03 bits per heavy atom. The highest BCUT2D eigenvalue weighted by atomic mass is 16.1. The molecule has 2 aliphatic rings. The van der Waals surface area contributed by atoms with Crippen molar-refractivity contribution in [3.63, 3.8) is 0 Å². The standard InChI is InChI=1S/C30H43N3O2/c1-2-25(34)17-7-4-8-19-27(30-31-21-28(33-30)23-13-5-3-6-14-23)32-29(35)20-24-16-11-15-22-12-9-10-18-26(22)24/h3,5-6,13-14,21-22,24,26-27H,2,4,7-12,15-20H2,1H3,(H,31,33)(H,32,35)/t22?,24?,26?,27-/m0/s1. The van der Waals surface area contributed by atoms with Crippen LogP contribution in [0, 0.1) is 17.8 Å². The number of rotatable bonds is 12. The molecule has 1 aromatic heterocycles.